The molecule has 0 amide bonds. The fourth-order valence-electron chi connectivity index (χ4n) is 4.92. The number of ether oxygens (including phenoxy) is 6. The van der Waals surface area contributed by atoms with Crippen LogP contribution in [-0.2, 0) is 14.2 Å². The molecule has 266 valence electrons. The molecule has 6 nitrogen and oxygen atoms in total. The van der Waals surface area contributed by atoms with Crippen molar-refractivity contribution < 1.29 is 28.4 Å². The summed E-state index contributed by atoms with van der Waals surface area (Å²) in [6.07, 6.45) is 19.1. The molecule has 2 aromatic rings. The van der Waals surface area contributed by atoms with E-state index < -0.39 is 0 Å². The molecule has 0 N–H and O–H groups in total. The summed E-state index contributed by atoms with van der Waals surface area (Å²) in [5, 5.41) is 0. The standard InChI is InChI=1S/C40H56O6.C2H6/c1-10-15-18-30(11-2)29-45-39-37(43-8)27-33(28-38(39)44-9)26-25-32-23-21-31(22-24-32)19-16-17-20-36(42-7)40(35(14-5)41-6)46-34(12-3)13-4;1-2/h14,16,19-28,30,34H,5,10-13,15,17-18,29H2,1-4,6-9H3;1-2H3/b19-16+,26-25+,36-20+,40-35-;. The molecule has 0 aliphatic rings. The van der Waals surface area contributed by atoms with Crippen molar-refractivity contribution in [2.75, 3.05) is 35.0 Å². The van der Waals surface area contributed by atoms with E-state index in [1.54, 1.807) is 34.5 Å². The molecule has 6 heteroatoms. The molecular formula is C42H62O6. The lowest BCUT2D eigenvalue weighted by Crippen LogP contribution is -2.14. The fourth-order valence-corrected chi connectivity index (χ4v) is 4.92. The van der Waals surface area contributed by atoms with Gasteiger partial charge in [-0.25, -0.2) is 0 Å². The molecule has 1 unspecified atom stereocenters. The summed E-state index contributed by atoms with van der Waals surface area (Å²) < 4.78 is 35.1. The summed E-state index contributed by atoms with van der Waals surface area (Å²) in [5.74, 6) is 4.26. The molecule has 1 atom stereocenters. The summed E-state index contributed by atoms with van der Waals surface area (Å²) in [6.45, 7) is 17.2. The first-order valence-corrected chi connectivity index (χ1v) is 17.6. The van der Waals surface area contributed by atoms with Crippen LogP contribution in [0.1, 0.15) is 103 Å². The van der Waals surface area contributed by atoms with Gasteiger partial charge in [-0.05, 0) is 72.6 Å². The Morgan fingerprint density at radius 3 is 1.83 bits per heavy atom. The average molecular weight is 663 g/mol. The quantitative estimate of drug-likeness (QED) is 0.0710. The maximum absolute atomic E-state index is 6.24. The molecule has 0 aromatic heterocycles. The van der Waals surface area contributed by atoms with E-state index in [4.69, 9.17) is 28.4 Å². The average Bonchev–Trinajstić information content (AvgIpc) is 3.14. The first kappa shape index (κ1) is 42.0. The Kier molecular flexibility index (Phi) is 21.9. The van der Waals surface area contributed by atoms with Gasteiger partial charge in [0.1, 0.15) is 0 Å². The predicted molar refractivity (Wildman–Crippen MR) is 203 cm³/mol. The molecule has 0 aliphatic heterocycles. The minimum atomic E-state index is 0.0676. The van der Waals surface area contributed by atoms with Crippen LogP contribution in [0.25, 0.3) is 18.2 Å². The Balaban J connectivity index is 0.00000565. The van der Waals surface area contributed by atoms with E-state index in [0.29, 0.717) is 53.5 Å². The van der Waals surface area contributed by atoms with Crippen LogP contribution in [0.15, 0.2) is 78.5 Å². The molecule has 0 heterocycles. The summed E-state index contributed by atoms with van der Waals surface area (Å²) >= 11 is 0. The van der Waals surface area contributed by atoms with E-state index in [1.807, 2.05) is 32.1 Å². The molecule has 0 saturated carbocycles. The lowest BCUT2D eigenvalue weighted by atomic mass is 10.0. The lowest BCUT2D eigenvalue weighted by Gasteiger charge is -2.21. The van der Waals surface area contributed by atoms with Crippen molar-refractivity contribution in [3.63, 3.8) is 0 Å². The third-order valence-electron chi connectivity index (χ3n) is 7.91. The molecule has 0 saturated heterocycles. The minimum absolute atomic E-state index is 0.0676. The number of benzene rings is 2. The third kappa shape index (κ3) is 14.0. The van der Waals surface area contributed by atoms with E-state index >= 15 is 0 Å². The van der Waals surface area contributed by atoms with Gasteiger partial charge in [-0.2, -0.15) is 0 Å². The number of methoxy groups -OCH3 is 4. The first-order chi connectivity index (χ1) is 23.4. The van der Waals surface area contributed by atoms with Crippen LogP contribution >= 0.6 is 0 Å². The maximum atomic E-state index is 6.24. The summed E-state index contributed by atoms with van der Waals surface area (Å²) in [4.78, 5) is 0. The van der Waals surface area contributed by atoms with Crippen LogP contribution in [0, 0.1) is 5.92 Å². The number of rotatable bonds is 22. The van der Waals surface area contributed by atoms with Gasteiger partial charge in [0.25, 0.3) is 0 Å². The van der Waals surface area contributed by atoms with E-state index in [2.05, 4.69) is 82.8 Å². The molecule has 0 radical (unpaired) electrons. The molecule has 2 aromatic carbocycles. The van der Waals surface area contributed by atoms with E-state index in [-0.39, 0.29) is 6.10 Å². The van der Waals surface area contributed by atoms with Crippen molar-refractivity contribution in [1.82, 2.24) is 0 Å². The molecule has 2 rings (SSSR count). The topological polar surface area (TPSA) is 55.4 Å². The summed E-state index contributed by atoms with van der Waals surface area (Å²) in [5.41, 5.74) is 3.16. The van der Waals surface area contributed by atoms with Crippen molar-refractivity contribution in [1.29, 1.82) is 0 Å². The Morgan fingerprint density at radius 1 is 0.771 bits per heavy atom. The van der Waals surface area contributed by atoms with Gasteiger partial charge in [0, 0.05) is 0 Å². The highest BCUT2D eigenvalue weighted by Gasteiger charge is 2.18. The normalized spacial score (nSPS) is 12.7. The first-order valence-electron chi connectivity index (χ1n) is 17.6. The lowest BCUT2D eigenvalue weighted by molar-refractivity contribution is 0.0824. The van der Waals surface area contributed by atoms with E-state index in [1.165, 1.54) is 12.8 Å². The summed E-state index contributed by atoms with van der Waals surface area (Å²) in [6, 6.07) is 12.4. The van der Waals surface area contributed by atoms with Gasteiger partial charge < -0.3 is 28.4 Å². The Morgan fingerprint density at radius 2 is 1.35 bits per heavy atom. The van der Waals surface area contributed by atoms with Gasteiger partial charge >= 0.3 is 0 Å². The van der Waals surface area contributed by atoms with Gasteiger partial charge in [-0.1, -0.05) is 116 Å². The fraction of sp³-hybridized carbons (Fsp3) is 0.476. The zero-order chi connectivity index (χ0) is 35.7. The van der Waals surface area contributed by atoms with Gasteiger partial charge in [-0.3, -0.25) is 0 Å². The molecular weight excluding hydrogens is 600 g/mol. The highest BCUT2D eigenvalue weighted by molar-refractivity contribution is 5.73. The smallest absolute Gasteiger partial charge is 0.203 e. The molecule has 48 heavy (non-hydrogen) atoms. The van der Waals surface area contributed by atoms with Crippen molar-refractivity contribution >= 4 is 18.2 Å². The number of unbranched alkanes of at least 4 members (excludes halogenated alkanes) is 1. The number of hydrogen-bond donors (Lipinski definition) is 0. The minimum Gasteiger partial charge on any atom is -0.493 e. The van der Waals surface area contributed by atoms with Crippen molar-refractivity contribution in [3.8, 4) is 17.2 Å². The predicted octanol–water partition coefficient (Wildman–Crippen LogP) is 11.7. The van der Waals surface area contributed by atoms with Gasteiger partial charge in [0.05, 0.1) is 41.2 Å². The third-order valence-corrected chi connectivity index (χ3v) is 7.91. The van der Waals surface area contributed by atoms with E-state index in [0.717, 1.165) is 42.4 Å². The second kappa shape index (κ2) is 25.0. The Labute approximate surface area is 292 Å². The van der Waals surface area contributed by atoms with Crippen LogP contribution in [0.4, 0.5) is 0 Å². The maximum Gasteiger partial charge on any atom is 0.203 e. The second-order valence-electron chi connectivity index (χ2n) is 11.1. The zero-order valence-electron chi connectivity index (χ0n) is 31.4. The van der Waals surface area contributed by atoms with Gasteiger partial charge in [0.15, 0.2) is 23.0 Å². The number of allylic oxidation sites excluding steroid dienone is 3. The van der Waals surface area contributed by atoms with Crippen molar-refractivity contribution in [2.45, 2.75) is 92.6 Å². The molecule has 0 bridgehead atoms. The molecule has 0 fully saturated rings. The summed E-state index contributed by atoms with van der Waals surface area (Å²) in [7, 11) is 6.57. The molecule has 0 spiro atoms. The largest absolute Gasteiger partial charge is 0.493 e. The van der Waals surface area contributed by atoms with Crippen LogP contribution in [0.5, 0.6) is 17.2 Å². The molecule has 0 aliphatic carbocycles. The number of hydrogen-bond acceptors (Lipinski definition) is 6. The van der Waals surface area contributed by atoms with Crippen LogP contribution in [-0.4, -0.2) is 41.2 Å². The highest BCUT2D eigenvalue weighted by atomic mass is 16.6. The van der Waals surface area contributed by atoms with Crippen LogP contribution in [0.2, 0.25) is 0 Å². The second-order valence-corrected chi connectivity index (χ2v) is 11.1. The Hall–Kier alpha value is -4.06. The van der Waals surface area contributed by atoms with Gasteiger partial charge in [-0.15, -0.1) is 0 Å². The monoisotopic (exact) mass is 662 g/mol. The van der Waals surface area contributed by atoms with Crippen molar-refractivity contribution in [3.05, 3.63) is 95.2 Å². The van der Waals surface area contributed by atoms with Gasteiger partial charge in [0.2, 0.25) is 11.5 Å². The van der Waals surface area contributed by atoms with Crippen LogP contribution in [0.3, 0.4) is 0 Å². The van der Waals surface area contributed by atoms with Crippen LogP contribution < -0.4 is 14.2 Å². The Bertz CT molecular complexity index is 1270. The SMILES string of the molecule is C=C/C(OC)=C(OC(CC)CC)\C(=C/C/C=C/c1ccc(/C=C/c2cc(OC)c(OCC(CC)CCCC)c(OC)c2)cc1)OC.CC. The highest BCUT2D eigenvalue weighted by Crippen LogP contribution is 2.39. The van der Waals surface area contributed by atoms with Crippen molar-refractivity contribution in [2.24, 2.45) is 5.92 Å². The van der Waals surface area contributed by atoms with E-state index in [9.17, 15) is 0 Å². The zero-order valence-corrected chi connectivity index (χ0v) is 31.4.